The van der Waals surface area contributed by atoms with Crippen molar-refractivity contribution in [3.8, 4) is 23.0 Å². The number of fused-ring (bicyclic) bond motifs is 1. The van der Waals surface area contributed by atoms with Gasteiger partial charge in [-0.3, -0.25) is 0 Å². The Morgan fingerprint density at radius 1 is 0.958 bits per heavy atom. The minimum Gasteiger partial charge on any atom is -0.496 e. The van der Waals surface area contributed by atoms with Crippen LogP contribution in [0.15, 0.2) is 36.4 Å². The van der Waals surface area contributed by atoms with Gasteiger partial charge in [0.1, 0.15) is 18.1 Å². The summed E-state index contributed by atoms with van der Waals surface area (Å²) in [5.74, 6) is 3.28. The summed E-state index contributed by atoms with van der Waals surface area (Å²) < 4.78 is 22.2. The van der Waals surface area contributed by atoms with Gasteiger partial charge in [-0.05, 0) is 30.2 Å². The van der Waals surface area contributed by atoms with Gasteiger partial charge in [-0.25, -0.2) is 0 Å². The Balaban J connectivity index is 1.71. The Bertz CT molecular complexity index is 680. The van der Waals surface area contributed by atoms with Crippen LogP contribution in [0.3, 0.4) is 0 Å². The number of nitrogens with one attached hydrogen (secondary N) is 1. The summed E-state index contributed by atoms with van der Waals surface area (Å²) >= 11 is 0. The van der Waals surface area contributed by atoms with Gasteiger partial charge in [-0.1, -0.05) is 18.2 Å². The molecule has 5 heteroatoms. The molecular weight excluding hydrogens is 306 g/mol. The Morgan fingerprint density at radius 2 is 1.58 bits per heavy atom. The van der Waals surface area contributed by atoms with E-state index in [-0.39, 0.29) is 6.04 Å². The molecule has 1 aliphatic rings. The van der Waals surface area contributed by atoms with E-state index in [9.17, 15) is 0 Å². The van der Waals surface area contributed by atoms with Gasteiger partial charge in [-0.15, -0.1) is 0 Å². The second-order valence-corrected chi connectivity index (χ2v) is 5.68. The van der Waals surface area contributed by atoms with E-state index in [2.05, 4.69) is 11.4 Å². The molecule has 1 heterocycles. The maximum atomic E-state index is 5.91. The Hall–Kier alpha value is -2.40. The fraction of sp³-hybridized carbons (Fsp3) is 0.368. The maximum absolute atomic E-state index is 5.91. The van der Waals surface area contributed by atoms with Crippen LogP contribution in [0.5, 0.6) is 23.0 Å². The number of hydrogen-bond acceptors (Lipinski definition) is 5. The van der Waals surface area contributed by atoms with Crippen LogP contribution in [0.4, 0.5) is 0 Å². The van der Waals surface area contributed by atoms with Gasteiger partial charge in [0.2, 0.25) is 0 Å². The third kappa shape index (κ3) is 3.26. The lowest BCUT2D eigenvalue weighted by Gasteiger charge is -2.27. The molecule has 1 aliphatic heterocycles. The van der Waals surface area contributed by atoms with Crippen molar-refractivity contribution in [3.05, 3.63) is 47.5 Å². The molecule has 0 bridgehead atoms. The largest absolute Gasteiger partial charge is 0.496 e. The third-order valence-corrected chi connectivity index (χ3v) is 4.27. The average molecular weight is 329 g/mol. The normalized spacial score (nSPS) is 16.0. The average Bonchev–Trinajstić information content (AvgIpc) is 2.65. The van der Waals surface area contributed by atoms with Gasteiger partial charge in [0, 0.05) is 18.2 Å². The predicted molar refractivity (Wildman–Crippen MR) is 92.4 cm³/mol. The lowest BCUT2D eigenvalue weighted by molar-refractivity contribution is 0.226. The van der Waals surface area contributed by atoms with Gasteiger partial charge < -0.3 is 24.3 Å². The number of rotatable bonds is 6. The van der Waals surface area contributed by atoms with Crippen LogP contribution >= 0.6 is 0 Å². The molecule has 0 saturated carbocycles. The van der Waals surface area contributed by atoms with Crippen molar-refractivity contribution in [2.75, 3.05) is 27.9 Å². The molecule has 5 nitrogen and oxygen atoms in total. The van der Waals surface area contributed by atoms with Crippen LogP contribution < -0.4 is 24.3 Å². The van der Waals surface area contributed by atoms with Crippen LogP contribution in [0, 0.1) is 0 Å². The van der Waals surface area contributed by atoms with Crippen LogP contribution in [0.1, 0.15) is 11.1 Å². The monoisotopic (exact) mass is 329 g/mol. The van der Waals surface area contributed by atoms with E-state index in [1.807, 2.05) is 30.3 Å². The van der Waals surface area contributed by atoms with E-state index in [1.165, 1.54) is 0 Å². The van der Waals surface area contributed by atoms with E-state index in [4.69, 9.17) is 18.9 Å². The Morgan fingerprint density at radius 3 is 2.25 bits per heavy atom. The highest BCUT2D eigenvalue weighted by Crippen LogP contribution is 2.35. The van der Waals surface area contributed by atoms with Gasteiger partial charge >= 0.3 is 0 Å². The van der Waals surface area contributed by atoms with Crippen molar-refractivity contribution in [2.45, 2.75) is 19.0 Å². The van der Waals surface area contributed by atoms with Crippen molar-refractivity contribution in [1.29, 1.82) is 0 Å². The molecule has 0 unspecified atom stereocenters. The summed E-state index contributed by atoms with van der Waals surface area (Å²) in [4.78, 5) is 0. The molecule has 0 aliphatic carbocycles. The van der Waals surface area contributed by atoms with Gasteiger partial charge in [0.25, 0.3) is 0 Å². The molecule has 3 rings (SSSR count). The third-order valence-electron chi connectivity index (χ3n) is 4.27. The fourth-order valence-electron chi connectivity index (χ4n) is 3.03. The molecule has 2 aromatic rings. The van der Waals surface area contributed by atoms with Crippen molar-refractivity contribution < 1.29 is 18.9 Å². The molecule has 128 valence electrons. The zero-order valence-corrected chi connectivity index (χ0v) is 14.3. The molecule has 1 N–H and O–H groups in total. The quantitative estimate of drug-likeness (QED) is 0.883. The summed E-state index contributed by atoms with van der Waals surface area (Å²) in [6, 6.07) is 12.0. The lowest BCUT2D eigenvalue weighted by Crippen LogP contribution is -2.39. The van der Waals surface area contributed by atoms with Crippen molar-refractivity contribution >= 4 is 0 Å². The predicted octanol–water partition coefficient (Wildman–Crippen LogP) is 2.81. The number of hydrogen-bond donors (Lipinski definition) is 1. The van der Waals surface area contributed by atoms with E-state index in [1.54, 1.807) is 21.3 Å². The van der Waals surface area contributed by atoms with Gasteiger partial charge in [-0.2, -0.15) is 0 Å². The number of para-hydroxylation sites is 1. The molecular formula is C19H23NO4. The van der Waals surface area contributed by atoms with Crippen LogP contribution in [0.2, 0.25) is 0 Å². The molecule has 0 amide bonds. The first kappa shape index (κ1) is 16.5. The van der Waals surface area contributed by atoms with Gasteiger partial charge in [0.15, 0.2) is 11.5 Å². The second kappa shape index (κ2) is 7.45. The zero-order chi connectivity index (χ0) is 16.9. The fourth-order valence-corrected chi connectivity index (χ4v) is 3.03. The van der Waals surface area contributed by atoms with Crippen molar-refractivity contribution in [3.63, 3.8) is 0 Å². The molecule has 2 aromatic carbocycles. The first-order valence-corrected chi connectivity index (χ1v) is 7.98. The standard InChI is InChI=1S/C19H23NO4/c1-21-16-7-5-8-17(22-2)15(16)11-20-14-10-13-6-4-9-18(23-3)19(13)24-12-14/h4-9,14,20H,10-12H2,1-3H3/t14-/m0/s1. The Kier molecular flexibility index (Phi) is 5.11. The Labute approximate surface area is 142 Å². The molecule has 0 spiro atoms. The number of ether oxygens (including phenoxy) is 4. The molecule has 1 atom stereocenters. The highest BCUT2D eigenvalue weighted by molar-refractivity contribution is 5.48. The molecule has 0 saturated heterocycles. The first-order valence-electron chi connectivity index (χ1n) is 7.98. The molecule has 24 heavy (non-hydrogen) atoms. The second-order valence-electron chi connectivity index (χ2n) is 5.68. The van der Waals surface area contributed by atoms with E-state index in [0.717, 1.165) is 40.5 Å². The van der Waals surface area contributed by atoms with E-state index in [0.29, 0.717) is 13.2 Å². The van der Waals surface area contributed by atoms with E-state index >= 15 is 0 Å². The zero-order valence-electron chi connectivity index (χ0n) is 14.3. The van der Waals surface area contributed by atoms with Gasteiger partial charge in [0.05, 0.1) is 21.3 Å². The van der Waals surface area contributed by atoms with Crippen molar-refractivity contribution in [1.82, 2.24) is 5.32 Å². The highest BCUT2D eigenvalue weighted by atomic mass is 16.5. The molecule has 0 aromatic heterocycles. The summed E-state index contributed by atoms with van der Waals surface area (Å²) in [5.41, 5.74) is 2.17. The smallest absolute Gasteiger partial charge is 0.164 e. The minimum absolute atomic E-state index is 0.222. The lowest BCUT2D eigenvalue weighted by atomic mass is 10.0. The van der Waals surface area contributed by atoms with Crippen molar-refractivity contribution in [2.24, 2.45) is 0 Å². The number of benzene rings is 2. The first-order chi connectivity index (χ1) is 11.8. The minimum atomic E-state index is 0.222. The summed E-state index contributed by atoms with van der Waals surface area (Å²) in [7, 11) is 5.01. The van der Waals surface area contributed by atoms with E-state index < -0.39 is 0 Å². The summed E-state index contributed by atoms with van der Waals surface area (Å²) in [5, 5.41) is 3.54. The molecule has 0 fully saturated rings. The van der Waals surface area contributed by atoms with Crippen LogP contribution in [0.25, 0.3) is 0 Å². The molecule has 0 radical (unpaired) electrons. The highest BCUT2D eigenvalue weighted by Gasteiger charge is 2.23. The summed E-state index contributed by atoms with van der Waals surface area (Å²) in [6.07, 6.45) is 0.893. The van der Waals surface area contributed by atoms with Crippen LogP contribution in [-0.2, 0) is 13.0 Å². The topological polar surface area (TPSA) is 49.0 Å². The SMILES string of the molecule is COc1cccc(OC)c1CN[C@@H]1COc2c(cccc2OC)C1. The summed E-state index contributed by atoms with van der Waals surface area (Å²) in [6.45, 7) is 1.26. The van der Waals surface area contributed by atoms with Crippen LogP contribution in [-0.4, -0.2) is 34.0 Å². The maximum Gasteiger partial charge on any atom is 0.164 e. The number of methoxy groups -OCH3 is 3.